The number of nitrogens with zero attached hydrogens (tertiary/aromatic N) is 1. The molecule has 3 atom stereocenters. The van der Waals surface area contributed by atoms with Crippen molar-refractivity contribution in [2.24, 2.45) is 0 Å². The molecule has 0 amide bonds. The molecule has 0 aromatic heterocycles. The van der Waals surface area contributed by atoms with E-state index in [1.165, 1.54) is 0 Å². The first-order chi connectivity index (χ1) is 9.19. The molecule has 3 unspecified atom stereocenters. The van der Waals surface area contributed by atoms with Crippen LogP contribution >= 0.6 is 0 Å². The van der Waals surface area contributed by atoms with E-state index in [0.717, 1.165) is 39.2 Å². The normalized spacial score (nSPS) is 32.6. The van der Waals surface area contributed by atoms with E-state index in [2.05, 4.69) is 17.1 Å². The van der Waals surface area contributed by atoms with Crippen LogP contribution in [0.15, 0.2) is 0 Å². The van der Waals surface area contributed by atoms with Crippen molar-refractivity contribution in [1.29, 1.82) is 0 Å². The van der Waals surface area contributed by atoms with Gasteiger partial charge in [-0.25, -0.2) is 4.79 Å². The van der Waals surface area contributed by atoms with Crippen molar-refractivity contribution in [3.8, 4) is 0 Å². The van der Waals surface area contributed by atoms with Crippen molar-refractivity contribution in [2.45, 2.75) is 38.1 Å². The van der Waals surface area contributed by atoms with Crippen LogP contribution in [0.2, 0.25) is 0 Å². The summed E-state index contributed by atoms with van der Waals surface area (Å²) in [6, 6.07) is 0. The molecule has 6 heteroatoms. The summed E-state index contributed by atoms with van der Waals surface area (Å²) in [4.78, 5) is 13.1. The number of rotatable bonds is 6. The second kappa shape index (κ2) is 7.19. The Hall–Kier alpha value is -0.690. The third kappa shape index (κ3) is 4.42. The number of carbonyl (C=O) groups is 1. The molecule has 0 spiro atoms. The highest BCUT2D eigenvalue weighted by Gasteiger charge is 2.30. The monoisotopic (exact) mass is 272 g/mol. The minimum absolute atomic E-state index is 0.0203. The first-order valence-corrected chi connectivity index (χ1v) is 7.12. The number of carboxylic acids is 1. The Kier molecular flexibility index (Phi) is 5.57. The van der Waals surface area contributed by atoms with Gasteiger partial charge in [-0.2, -0.15) is 0 Å². The maximum absolute atomic E-state index is 10.8. The zero-order chi connectivity index (χ0) is 13.7. The van der Waals surface area contributed by atoms with Gasteiger partial charge >= 0.3 is 5.97 Å². The highest BCUT2D eigenvalue weighted by molar-refractivity contribution is 5.72. The lowest BCUT2D eigenvalue weighted by atomic mass is 10.2. The summed E-state index contributed by atoms with van der Waals surface area (Å²) in [6.07, 6.45) is 1.06. The molecular weight excluding hydrogens is 248 g/mol. The standard InChI is InChI=1S/C13H24N2O4/c1-2-15-5-6-18-11(9-15)8-14-7-10-3-4-12(19-10)13(16)17/h10-12,14H,2-9H2,1H3,(H,16,17). The van der Waals surface area contributed by atoms with E-state index in [-0.39, 0.29) is 12.2 Å². The van der Waals surface area contributed by atoms with E-state index in [1.807, 2.05) is 0 Å². The quantitative estimate of drug-likeness (QED) is 0.705. The Morgan fingerprint density at radius 1 is 1.37 bits per heavy atom. The Labute approximate surface area is 114 Å². The number of hydrogen-bond acceptors (Lipinski definition) is 5. The van der Waals surface area contributed by atoms with Crippen molar-refractivity contribution in [2.75, 3.05) is 39.3 Å². The van der Waals surface area contributed by atoms with Gasteiger partial charge in [0.1, 0.15) is 0 Å². The molecule has 0 aromatic carbocycles. The van der Waals surface area contributed by atoms with Crippen LogP contribution in [-0.4, -0.2) is 73.6 Å². The molecule has 2 aliphatic heterocycles. The lowest BCUT2D eigenvalue weighted by Crippen LogP contribution is -2.47. The third-order valence-electron chi connectivity index (χ3n) is 3.80. The summed E-state index contributed by atoms with van der Waals surface area (Å²) in [6.45, 7) is 7.50. The van der Waals surface area contributed by atoms with Gasteiger partial charge in [-0.15, -0.1) is 0 Å². The highest BCUT2D eigenvalue weighted by atomic mass is 16.5. The summed E-state index contributed by atoms with van der Waals surface area (Å²) in [5.41, 5.74) is 0. The molecule has 0 radical (unpaired) electrons. The second-order valence-electron chi connectivity index (χ2n) is 5.21. The van der Waals surface area contributed by atoms with E-state index in [9.17, 15) is 4.79 Å². The number of aliphatic carboxylic acids is 1. The number of nitrogens with one attached hydrogen (secondary N) is 1. The lowest BCUT2D eigenvalue weighted by Gasteiger charge is -2.32. The van der Waals surface area contributed by atoms with Crippen LogP contribution in [0, 0.1) is 0 Å². The molecule has 6 nitrogen and oxygen atoms in total. The zero-order valence-corrected chi connectivity index (χ0v) is 11.5. The molecular formula is C13H24N2O4. The topological polar surface area (TPSA) is 71.0 Å². The summed E-state index contributed by atoms with van der Waals surface area (Å²) >= 11 is 0. The third-order valence-corrected chi connectivity index (χ3v) is 3.80. The van der Waals surface area contributed by atoms with Gasteiger partial charge in [-0.1, -0.05) is 6.92 Å². The van der Waals surface area contributed by atoms with Crippen molar-refractivity contribution < 1.29 is 19.4 Å². The molecule has 0 saturated carbocycles. The van der Waals surface area contributed by atoms with Gasteiger partial charge < -0.3 is 19.9 Å². The van der Waals surface area contributed by atoms with E-state index in [0.29, 0.717) is 13.0 Å². The molecule has 2 heterocycles. The van der Waals surface area contributed by atoms with Crippen LogP contribution in [0.4, 0.5) is 0 Å². The minimum Gasteiger partial charge on any atom is -0.479 e. The van der Waals surface area contributed by atoms with Gasteiger partial charge in [0.05, 0.1) is 18.8 Å². The predicted octanol–water partition coefficient (Wildman–Crippen LogP) is -0.0711. The molecule has 2 fully saturated rings. The molecule has 2 aliphatic rings. The Bertz CT molecular complexity index is 300. The van der Waals surface area contributed by atoms with Crippen molar-refractivity contribution in [3.05, 3.63) is 0 Å². The fourth-order valence-corrected chi connectivity index (χ4v) is 2.63. The van der Waals surface area contributed by atoms with E-state index >= 15 is 0 Å². The van der Waals surface area contributed by atoms with E-state index in [4.69, 9.17) is 14.6 Å². The SMILES string of the molecule is CCN1CCOC(CNCC2CCC(C(=O)O)O2)C1. The van der Waals surface area contributed by atoms with Gasteiger partial charge in [0.25, 0.3) is 0 Å². The Balaban J connectivity index is 1.60. The fraction of sp³-hybridized carbons (Fsp3) is 0.923. The summed E-state index contributed by atoms with van der Waals surface area (Å²) in [7, 11) is 0. The second-order valence-corrected chi connectivity index (χ2v) is 5.21. The average molecular weight is 272 g/mol. The van der Waals surface area contributed by atoms with Crippen LogP contribution in [-0.2, 0) is 14.3 Å². The van der Waals surface area contributed by atoms with Crippen LogP contribution in [0.3, 0.4) is 0 Å². The van der Waals surface area contributed by atoms with Gasteiger partial charge in [0.15, 0.2) is 6.10 Å². The molecule has 110 valence electrons. The number of carboxylic acid groups (broad SMARTS) is 1. The fourth-order valence-electron chi connectivity index (χ4n) is 2.63. The first kappa shape index (κ1) is 14.7. The van der Waals surface area contributed by atoms with Crippen LogP contribution in [0.5, 0.6) is 0 Å². The van der Waals surface area contributed by atoms with Crippen molar-refractivity contribution in [1.82, 2.24) is 10.2 Å². The van der Waals surface area contributed by atoms with Crippen LogP contribution in [0.25, 0.3) is 0 Å². The van der Waals surface area contributed by atoms with Gasteiger partial charge in [0.2, 0.25) is 0 Å². The van der Waals surface area contributed by atoms with Crippen LogP contribution < -0.4 is 5.32 Å². The lowest BCUT2D eigenvalue weighted by molar-refractivity contribution is -0.149. The zero-order valence-electron chi connectivity index (χ0n) is 11.5. The minimum atomic E-state index is -0.850. The predicted molar refractivity (Wildman–Crippen MR) is 70.3 cm³/mol. The van der Waals surface area contributed by atoms with Gasteiger partial charge in [-0.05, 0) is 19.4 Å². The average Bonchev–Trinajstić information content (AvgIpc) is 2.88. The molecule has 0 aliphatic carbocycles. The molecule has 0 aromatic rings. The smallest absolute Gasteiger partial charge is 0.332 e. The molecule has 2 rings (SSSR count). The number of ether oxygens (including phenoxy) is 2. The largest absolute Gasteiger partial charge is 0.479 e. The van der Waals surface area contributed by atoms with Crippen molar-refractivity contribution >= 4 is 5.97 Å². The van der Waals surface area contributed by atoms with Gasteiger partial charge in [0, 0.05) is 26.2 Å². The summed E-state index contributed by atoms with van der Waals surface area (Å²) in [5.74, 6) is -0.850. The van der Waals surface area contributed by atoms with Gasteiger partial charge in [-0.3, -0.25) is 4.90 Å². The molecule has 2 N–H and O–H groups in total. The van der Waals surface area contributed by atoms with Crippen LogP contribution in [0.1, 0.15) is 19.8 Å². The number of hydrogen-bond donors (Lipinski definition) is 2. The summed E-state index contributed by atoms with van der Waals surface area (Å²) < 4.78 is 11.1. The van der Waals surface area contributed by atoms with Crippen molar-refractivity contribution in [3.63, 3.8) is 0 Å². The maximum atomic E-state index is 10.8. The first-order valence-electron chi connectivity index (χ1n) is 7.12. The maximum Gasteiger partial charge on any atom is 0.332 e. The van der Waals surface area contributed by atoms with E-state index in [1.54, 1.807) is 0 Å². The van der Waals surface area contributed by atoms with E-state index < -0.39 is 12.1 Å². The number of morpholine rings is 1. The molecule has 0 bridgehead atoms. The summed E-state index contributed by atoms with van der Waals surface area (Å²) in [5, 5.41) is 12.2. The Morgan fingerprint density at radius 3 is 2.84 bits per heavy atom. The number of likely N-dealkylation sites (N-methyl/N-ethyl adjacent to an activating group) is 1. The Morgan fingerprint density at radius 2 is 2.16 bits per heavy atom. The highest BCUT2D eigenvalue weighted by Crippen LogP contribution is 2.19. The molecule has 19 heavy (non-hydrogen) atoms. The molecule has 2 saturated heterocycles.